The van der Waals surface area contributed by atoms with Crippen LogP contribution >= 0.6 is 136 Å². The Bertz CT molecular complexity index is 983. The minimum Gasteiger partial charge on any atom is -0.205 e. The van der Waals surface area contributed by atoms with E-state index < -0.39 is 0 Å². The molecule has 0 aliphatic heterocycles. The fraction of sp³-hybridized carbons (Fsp3) is 0.0526. The van der Waals surface area contributed by atoms with Gasteiger partial charge in [0, 0.05) is 19.8 Å². The summed E-state index contributed by atoms with van der Waals surface area (Å²) in [4.78, 5) is 0. The number of aryl methyl sites for hydroxylation is 1. The predicted molar refractivity (Wildman–Crippen MR) is 158 cm³/mol. The minimum atomic E-state index is -0.139. The lowest BCUT2D eigenvalue weighted by atomic mass is 9.99. The van der Waals surface area contributed by atoms with Gasteiger partial charge in [0.1, 0.15) is 5.82 Å². The first-order valence-electron chi connectivity index (χ1n) is 7.29. The Balaban J connectivity index is 2.20. The molecule has 0 nitrogen and oxygen atoms in total. The SMILES string of the molecule is Cc1cc(I)c(-c2ccc(-c3cc(I)c(F)c(I)c3)c(I)c2I)c(I)c1. The van der Waals surface area contributed by atoms with E-state index in [-0.39, 0.29) is 5.82 Å². The zero-order chi connectivity index (χ0) is 19.2. The molecule has 7 heteroatoms. The molecule has 0 saturated carbocycles. The highest BCUT2D eigenvalue weighted by Crippen LogP contribution is 2.40. The summed E-state index contributed by atoms with van der Waals surface area (Å²) in [7, 11) is 0. The van der Waals surface area contributed by atoms with E-state index >= 15 is 0 Å². The first-order valence-corrected chi connectivity index (χ1v) is 13.8. The van der Waals surface area contributed by atoms with Crippen molar-refractivity contribution in [2.45, 2.75) is 6.92 Å². The molecule has 0 bridgehead atoms. The Morgan fingerprint density at radius 1 is 0.654 bits per heavy atom. The maximum Gasteiger partial charge on any atom is 0.149 e. The molecule has 0 fully saturated rings. The molecule has 0 unspecified atom stereocenters. The first kappa shape index (κ1) is 22.7. The third-order valence-electron chi connectivity index (χ3n) is 3.83. The van der Waals surface area contributed by atoms with Crippen LogP contribution in [0.1, 0.15) is 5.56 Å². The molecule has 3 aromatic carbocycles. The molecular formula is C19H9FI6. The van der Waals surface area contributed by atoms with Gasteiger partial charge < -0.3 is 0 Å². The van der Waals surface area contributed by atoms with Crippen LogP contribution in [0, 0.1) is 34.2 Å². The van der Waals surface area contributed by atoms with E-state index in [9.17, 15) is 4.39 Å². The number of hydrogen-bond acceptors (Lipinski definition) is 0. The van der Waals surface area contributed by atoms with Crippen LogP contribution in [0.2, 0.25) is 0 Å². The molecular weight excluding hydrogens is 1010 g/mol. The molecule has 134 valence electrons. The van der Waals surface area contributed by atoms with Crippen molar-refractivity contribution in [2.24, 2.45) is 0 Å². The standard InChI is InChI=1S/C19H9FI6/c1-8-4-12(21)16(13(22)5-8)11-3-2-10(18(25)19(11)26)9-6-14(23)17(20)15(24)7-9/h2-7H,1H3. The van der Waals surface area contributed by atoms with Gasteiger partial charge in [0.25, 0.3) is 0 Å². The summed E-state index contributed by atoms with van der Waals surface area (Å²) in [6.07, 6.45) is 0. The highest BCUT2D eigenvalue weighted by molar-refractivity contribution is 14.1. The van der Waals surface area contributed by atoms with Gasteiger partial charge in [-0.1, -0.05) is 12.1 Å². The van der Waals surface area contributed by atoms with E-state index in [0.717, 1.165) is 11.1 Å². The summed E-state index contributed by atoms with van der Waals surface area (Å²) in [6, 6.07) is 12.6. The van der Waals surface area contributed by atoms with Crippen LogP contribution in [0.4, 0.5) is 4.39 Å². The van der Waals surface area contributed by atoms with Gasteiger partial charge in [-0.25, -0.2) is 4.39 Å². The average Bonchev–Trinajstić information content (AvgIpc) is 2.55. The number of rotatable bonds is 2. The fourth-order valence-corrected chi connectivity index (χ4v) is 8.58. The Morgan fingerprint density at radius 3 is 1.65 bits per heavy atom. The van der Waals surface area contributed by atoms with Crippen LogP contribution in [0.15, 0.2) is 36.4 Å². The van der Waals surface area contributed by atoms with Crippen LogP contribution in [0.3, 0.4) is 0 Å². The minimum absolute atomic E-state index is 0.139. The van der Waals surface area contributed by atoms with Gasteiger partial charge in [-0.2, -0.15) is 0 Å². The Kier molecular flexibility index (Phi) is 8.20. The number of hydrogen-bond donors (Lipinski definition) is 0. The largest absolute Gasteiger partial charge is 0.205 e. The van der Waals surface area contributed by atoms with Gasteiger partial charge in [0.05, 0.1) is 7.14 Å². The second-order valence-electron chi connectivity index (χ2n) is 5.65. The van der Waals surface area contributed by atoms with Crippen molar-refractivity contribution in [1.29, 1.82) is 0 Å². The lowest BCUT2D eigenvalue weighted by molar-refractivity contribution is 0.613. The van der Waals surface area contributed by atoms with E-state index in [1.54, 1.807) is 0 Å². The zero-order valence-corrected chi connectivity index (χ0v) is 26.1. The Labute approximate surface area is 234 Å². The lowest BCUT2D eigenvalue weighted by Gasteiger charge is -2.15. The van der Waals surface area contributed by atoms with Gasteiger partial charge in [-0.15, -0.1) is 0 Å². The molecule has 0 saturated heterocycles. The molecule has 0 heterocycles. The summed E-state index contributed by atoms with van der Waals surface area (Å²) in [5, 5.41) is 0. The normalized spacial score (nSPS) is 11.1. The quantitative estimate of drug-likeness (QED) is 0.178. The molecule has 3 rings (SSSR count). The smallest absolute Gasteiger partial charge is 0.149 e. The molecule has 0 aliphatic rings. The second-order valence-corrected chi connectivity index (χ2v) is 12.5. The zero-order valence-electron chi connectivity index (χ0n) is 13.1. The second kappa shape index (κ2) is 9.41. The van der Waals surface area contributed by atoms with Crippen molar-refractivity contribution in [2.75, 3.05) is 0 Å². The van der Waals surface area contributed by atoms with Crippen molar-refractivity contribution in [3.63, 3.8) is 0 Å². The fourth-order valence-electron chi connectivity index (χ4n) is 2.63. The lowest BCUT2D eigenvalue weighted by Crippen LogP contribution is -1.97. The number of halogens is 7. The van der Waals surface area contributed by atoms with E-state index in [4.69, 9.17) is 0 Å². The highest BCUT2D eigenvalue weighted by atomic mass is 127. The van der Waals surface area contributed by atoms with Crippen LogP contribution in [-0.2, 0) is 0 Å². The molecule has 0 N–H and O–H groups in total. The highest BCUT2D eigenvalue weighted by Gasteiger charge is 2.17. The van der Waals surface area contributed by atoms with Crippen molar-refractivity contribution in [3.8, 4) is 22.3 Å². The monoisotopic (exact) mass is 1020 g/mol. The van der Waals surface area contributed by atoms with Crippen molar-refractivity contribution in [3.05, 3.63) is 69.2 Å². The number of benzene rings is 3. The molecule has 0 radical (unpaired) electrons. The molecule has 0 spiro atoms. The molecule has 3 aromatic rings. The molecule has 0 aliphatic carbocycles. The van der Waals surface area contributed by atoms with Crippen LogP contribution in [-0.4, -0.2) is 0 Å². The van der Waals surface area contributed by atoms with E-state index in [1.165, 1.54) is 31.0 Å². The molecule has 0 amide bonds. The summed E-state index contributed by atoms with van der Waals surface area (Å²) < 4.78 is 20.3. The maximum absolute atomic E-state index is 14.0. The molecule has 0 aromatic heterocycles. The van der Waals surface area contributed by atoms with Crippen LogP contribution < -0.4 is 0 Å². The first-order chi connectivity index (χ1) is 12.2. The maximum atomic E-state index is 14.0. The van der Waals surface area contributed by atoms with Gasteiger partial charge in [-0.3, -0.25) is 0 Å². The summed E-state index contributed by atoms with van der Waals surface area (Å²) in [6.45, 7) is 2.13. The van der Waals surface area contributed by atoms with E-state index in [0.29, 0.717) is 7.14 Å². The van der Waals surface area contributed by atoms with Crippen molar-refractivity contribution >= 4 is 136 Å². The summed E-state index contributed by atoms with van der Waals surface area (Å²) in [5.41, 5.74) is 6.02. The van der Waals surface area contributed by atoms with Crippen LogP contribution in [0.25, 0.3) is 22.3 Å². The van der Waals surface area contributed by atoms with Gasteiger partial charge in [0.2, 0.25) is 0 Å². The van der Waals surface area contributed by atoms with E-state index in [1.807, 2.05) is 12.1 Å². The summed E-state index contributed by atoms with van der Waals surface area (Å²) in [5.74, 6) is -0.139. The van der Waals surface area contributed by atoms with Gasteiger partial charge in [-0.05, 0) is 189 Å². The van der Waals surface area contributed by atoms with Crippen molar-refractivity contribution < 1.29 is 4.39 Å². The van der Waals surface area contributed by atoms with E-state index in [2.05, 4.69) is 167 Å². The van der Waals surface area contributed by atoms with Crippen molar-refractivity contribution in [1.82, 2.24) is 0 Å². The Hall–Kier alpha value is 1.97. The van der Waals surface area contributed by atoms with Crippen LogP contribution in [0.5, 0.6) is 0 Å². The summed E-state index contributed by atoms with van der Waals surface area (Å²) >= 11 is 13.8. The topological polar surface area (TPSA) is 0 Å². The molecule has 0 atom stereocenters. The Morgan fingerprint density at radius 2 is 1.12 bits per heavy atom. The third kappa shape index (κ3) is 4.66. The van der Waals surface area contributed by atoms with Gasteiger partial charge >= 0.3 is 0 Å². The molecule has 26 heavy (non-hydrogen) atoms. The predicted octanol–water partition coefficient (Wildman–Crippen LogP) is 9.10. The average molecular weight is 1020 g/mol. The van der Waals surface area contributed by atoms with Gasteiger partial charge in [0.15, 0.2) is 0 Å². The third-order valence-corrected chi connectivity index (χ3v) is 10.4.